The fraction of sp³-hybridized carbons (Fsp3) is 0.333. The predicted molar refractivity (Wildman–Crippen MR) is 159 cm³/mol. The van der Waals surface area contributed by atoms with Crippen molar-refractivity contribution in [2.45, 2.75) is 45.8 Å². The fourth-order valence-electron chi connectivity index (χ4n) is 4.30. The number of ether oxygens (including phenoxy) is 1. The number of nitrogens with zero attached hydrogens (tertiary/aromatic N) is 2. The number of amides is 2. The van der Waals surface area contributed by atoms with E-state index in [9.17, 15) is 18.0 Å². The summed E-state index contributed by atoms with van der Waals surface area (Å²) in [5.74, 6) is -0.547. The summed E-state index contributed by atoms with van der Waals surface area (Å²) < 4.78 is 32.7. The van der Waals surface area contributed by atoms with Crippen molar-refractivity contribution in [3.05, 3.63) is 95.0 Å². The van der Waals surface area contributed by atoms with E-state index < -0.39 is 28.5 Å². The van der Waals surface area contributed by atoms with Crippen LogP contribution in [0.2, 0.25) is 5.02 Å². The van der Waals surface area contributed by atoms with E-state index in [1.807, 2.05) is 50.2 Å². The molecule has 0 saturated heterocycles. The van der Waals surface area contributed by atoms with E-state index in [1.165, 1.54) is 4.90 Å². The molecule has 0 heterocycles. The monoisotopic (exact) mass is 585 g/mol. The molecule has 1 atom stereocenters. The molecule has 0 aromatic heterocycles. The van der Waals surface area contributed by atoms with Gasteiger partial charge in [-0.05, 0) is 56.2 Å². The number of carbonyl (C=O) groups excluding carboxylic acids is 2. The number of hydrogen-bond acceptors (Lipinski definition) is 5. The van der Waals surface area contributed by atoms with Crippen LogP contribution < -0.4 is 14.4 Å². The van der Waals surface area contributed by atoms with E-state index in [0.717, 1.165) is 16.1 Å². The van der Waals surface area contributed by atoms with Gasteiger partial charge in [-0.1, -0.05) is 66.2 Å². The highest BCUT2D eigenvalue weighted by Gasteiger charge is 2.34. The zero-order valence-corrected chi connectivity index (χ0v) is 24.8. The zero-order valence-electron chi connectivity index (χ0n) is 23.2. The van der Waals surface area contributed by atoms with Crippen molar-refractivity contribution in [1.29, 1.82) is 0 Å². The maximum Gasteiger partial charge on any atom is 0.244 e. The molecule has 0 fully saturated rings. The van der Waals surface area contributed by atoms with Crippen LogP contribution >= 0.6 is 11.6 Å². The van der Waals surface area contributed by atoms with Gasteiger partial charge in [-0.25, -0.2) is 8.42 Å². The van der Waals surface area contributed by atoms with E-state index >= 15 is 0 Å². The van der Waals surface area contributed by atoms with Crippen LogP contribution in [0.3, 0.4) is 0 Å². The second kappa shape index (κ2) is 14.2. The first kappa shape index (κ1) is 31.0. The molecule has 0 aliphatic heterocycles. The van der Waals surface area contributed by atoms with Crippen LogP contribution in [-0.2, 0) is 32.6 Å². The van der Waals surface area contributed by atoms with Crippen LogP contribution in [0.1, 0.15) is 31.9 Å². The van der Waals surface area contributed by atoms with Crippen LogP contribution in [0.15, 0.2) is 78.9 Å². The first-order valence-electron chi connectivity index (χ1n) is 13.1. The molecule has 0 unspecified atom stereocenters. The summed E-state index contributed by atoms with van der Waals surface area (Å²) in [6.07, 6.45) is 1.28. The smallest absolute Gasteiger partial charge is 0.244 e. The van der Waals surface area contributed by atoms with Crippen LogP contribution in [0.25, 0.3) is 0 Å². The number of benzene rings is 3. The van der Waals surface area contributed by atoms with Crippen molar-refractivity contribution in [1.82, 2.24) is 10.2 Å². The summed E-state index contributed by atoms with van der Waals surface area (Å²) in [5, 5.41) is 3.41. The van der Waals surface area contributed by atoms with E-state index in [-0.39, 0.29) is 30.6 Å². The van der Waals surface area contributed by atoms with E-state index in [2.05, 4.69) is 5.32 Å². The molecule has 2 amide bonds. The lowest BCUT2D eigenvalue weighted by Gasteiger charge is -2.34. The van der Waals surface area contributed by atoms with Gasteiger partial charge in [-0.3, -0.25) is 13.9 Å². The molecule has 3 rings (SSSR count). The molecule has 0 aliphatic rings. The Labute approximate surface area is 241 Å². The first-order valence-corrected chi connectivity index (χ1v) is 15.3. The van der Waals surface area contributed by atoms with Crippen molar-refractivity contribution in [2.24, 2.45) is 0 Å². The summed E-state index contributed by atoms with van der Waals surface area (Å²) >= 11 is 6.24. The van der Waals surface area contributed by atoms with Gasteiger partial charge in [0.2, 0.25) is 21.8 Å². The predicted octanol–water partition coefficient (Wildman–Crippen LogP) is 4.67. The highest BCUT2D eigenvalue weighted by molar-refractivity contribution is 7.92. The number of nitrogens with one attached hydrogen (secondary N) is 1. The van der Waals surface area contributed by atoms with Crippen molar-refractivity contribution in [3.63, 3.8) is 0 Å². The normalized spacial score (nSPS) is 12.1. The Morgan fingerprint density at radius 2 is 1.60 bits per heavy atom. The maximum atomic E-state index is 14.1. The molecule has 40 heavy (non-hydrogen) atoms. The minimum absolute atomic E-state index is 0.0487. The third kappa shape index (κ3) is 8.72. The van der Waals surface area contributed by atoms with Gasteiger partial charge in [0, 0.05) is 24.0 Å². The summed E-state index contributed by atoms with van der Waals surface area (Å²) in [5.41, 5.74) is 1.81. The average Bonchev–Trinajstić information content (AvgIpc) is 2.89. The molecular formula is C30H36ClN3O5S. The topological polar surface area (TPSA) is 96.0 Å². The molecular weight excluding hydrogens is 550 g/mol. The van der Waals surface area contributed by atoms with Gasteiger partial charge in [0.1, 0.15) is 18.3 Å². The lowest BCUT2D eigenvalue weighted by Crippen LogP contribution is -2.54. The zero-order chi connectivity index (χ0) is 29.3. The molecule has 0 radical (unpaired) electrons. The minimum atomic E-state index is -3.91. The van der Waals surface area contributed by atoms with Gasteiger partial charge in [0.05, 0.1) is 18.6 Å². The van der Waals surface area contributed by atoms with Crippen molar-refractivity contribution in [2.75, 3.05) is 23.7 Å². The molecule has 214 valence electrons. The Bertz CT molecular complexity index is 1400. The van der Waals surface area contributed by atoms with Crippen molar-refractivity contribution in [3.8, 4) is 5.75 Å². The van der Waals surface area contributed by atoms with E-state index in [0.29, 0.717) is 22.9 Å². The third-order valence-corrected chi connectivity index (χ3v) is 7.42. The molecule has 0 spiro atoms. The van der Waals surface area contributed by atoms with Crippen LogP contribution in [0.4, 0.5) is 5.69 Å². The number of hydrogen-bond donors (Lipinski definition) is 1. The maximum absolute atomic E-state index is 14.1. The summed E-state index contributed by atoms with van der Waals surface area (Å²) in [4.78, 5) is 29.1. The van der Waals surface area contributed by atoms with Gasteiger partial charge in [0.15, 0.2) is 0 Å². The highest BCUT2D eigenvalue weighted by atomic mass is 35.5. The lowest BCUT2D eigenvalue weighted by atomic mass is 10.0. The fourth-order valence-corrected chi connectivity index (χ4v) is 5.37. The number of carbonyl (C=O) groups is 2. The highest BCUT2D eigenvalue weighted by Crippen LogP contribution is 2.30. The molecule has 1 N–H and O–H groups in total. The van der Waals surface area contributed by atoms with Crippen molar-refractivity contribution < 1.29 is 22.7 Å². The van der Waals surface area contributed by atoms with Crippen molar-refractivity contribution >= 4 is 39.1 Å². The first-order chi connectivity index (χ1) is 19.0. The number of para-hydroxylation sites is 2. The molecule has 0 aliphatic carbocycles. The van der Waals surface area contributed by atoms with Gasteiger partial charge >= 0.3 is 0 Å². The number of sulfonamides is 1. The number of anilines is 1. The van der Waals surface area contributed by atoms with Gasteiger partial charge < -0.3 is 15.0 Å². The Hall–Kier alpha value is -3.56. The molecule has 8 nitrogen and oxygen atoms in total. The standard InChI is InChI=1S/C30H36ClN3O5S/c1-5-39-28-17-10-9-16-26(28)34(40(4,37)38)21-29(35)33(20-24-14-11-15-25(31)18-24)27(30(36)32-22(2)3)19-23-12-7-6-8-13-23/h6-18,22,27H,5,19-21H2,1-4H3,(H,32,36)/t27-/m1/s1. The van der Waals surface area contributed by atoms with E-state index in [4.69, 9.17) is 16.3 Å². The molecule has 0 saturated carbocycles. The van der Waals surface area contributed by atoms with Gasteiger partial charge in [0.25, 0.3) is 0 Å². The SMILES string of the molecule is CCOc1ccccc1N(CC(=O)N(Cc1cccc(Cl)c1)[C@H](Cc1ccccc1)C(=O)NC(C)C)S(C)(=O)=O. The van der Waals surface area contributed by atoms with Crippen LogP contribution in [-0.4, -0.2) is 56.6 Å². The summed E-state index contributed by atoms with van der Waals surface area (Å²) in [7, 11) is -3.91. The van der Waals surface area contributed by atoms with E-state index in [1.54, 1.807) is 49.4 Å². The summed E-state index contributed by atoms with van der Waals surface area (Å²) in [6, 6.07) is 22.0. The molecule has 0 bridgehead atoms. The molecule has 10 heteroatoms. The summed E-state index contributed by atoms with van der Waals surface area (Å²) in [6.45, 7) is 5.32. The van der Waals surface area contributed by atoms with Crippen LogP contribution in [0.5, 0.6) is 5.75 Å². The quantitative estimate of drug-likeness (QED) is 0.314. The average molecular weight is 586 g/mol. The molecule has 3 aromatic rings. The second-order valence-electron chi connectivity index (χ2n) is 9.69. The molecule has 3 aromatic carbocycles. The Balaban J connectivity index is 2.08. The minimum Gasteiger partial charge on any atom is -0.492 e. The number of halogens is 1. The Morgan fingerprint density at radius 3 is 2.23 bits per heavy atom. The Kier molecular flexibility index (Phi) is 11.0. The largest absolute Gasteiger partial charge is 0.492 e. The third-order valence-electron chi connectivity index (χ3n) is 6.06. The Morgan fingerprint density at radius 1 is 0.950 bits per heavy atom. The van der Waals surface area contributed by atoms with Gasteiger partial charge in [-0.15, -0.1) is 0 Å². The number of rotatable bonds is 13. The van der Waals surface area contributed by atoms with Gasteiger partial charge in [-0.2, -0.15) is 0 Å². The van der Waals surface area contributed by atoms with Crippen LogP contribution in [0, 0.1) is 0 Å². The lowest BCUT2D eigenvalue weighted by molar-refractivity contribution is -0.140. The second-order valence-corrected chi connectivity index (χ2v) is 12.0.